The molecule has 0 heterocycles. The normalized spacial score (nSPS) is 44.1. The first-order chi connectivity index (χ1) is 15.8. The third-order valence-electron chi connectivity index (χ3n) is 12.7. The zero-order valence-corrected chi connectivity index (χ0v) is 25.6. The molecule has 1 spiro atoms. The van der Waals surface area contributed by atoms with Crippen LogP contribution in [0, 0.1) is 39.4 Å². The lowest BCUT2D eigenvalue weighted by Crippen LogP contribution is -2.75. The Hall–Kier alpha value is -0.170. The first-order valence-corrected chi connectivity index (χ1v) is 15.4. The fraction of sp³-hybridized carbons (Fsp3) is 0.879. The molecule has 34 heavy (non-hydrogen) atoms. The van der Waals surface area contributed by atoms with E-state index in [9.17, 15) is 0 Å². The first kappa shape index (κ1) is 28.4. The number of fused-ring (bicyclic) bond motifs is 3. The molecule has 1 heteroatoms. The molecule has 0 amide bonds. The minimum atomic E-state index is 0.117. The van der Waals surface area contributed by atoms with E-state index in [0.29, 0.717) is 27.6 Å². The lowest BCUT2D eigenvalue weighted by molar-refractivity contribution is -0.239. The van der Waals surface area contributed by atoms with E-state index < -0.39 is 0 Å². The summed E-state index contributed by atoms with van der Waals surface area (Å²) in [7, 11) is 0. The Morgan fingerprint density at radius 2 is 1.71 bits per heavy atom. The van der Waals surface area contributed by atoms with Gasteiger partial charge in [0.15, 0.2) is 0 Å². The average molecular weight is 487 g/mol. The topological polar surface area (TPSA) is 0 Å². The van der Waals surface area contributed by atoms with Gasteiger partial charge in [0.05, 0.1) is 0 Å². The van der Waals surface area contributed by atoms with E-state index in [0.717, 1.165) is 18.3 Å². The molecule has 4 fully saturated rings. The van der Waals surface area contributed by atoms with Gasteiger partial charge in [0.1, 0.15) is 0 Å². The van der Waals surface area contributed by atoms with Crippen LogP contribution < -0.4 is 0 Å². The molecule has 0 aliphatic heterocycles. The Balaban J connectivity index is 0.000000232. The van der Waals surface area contributed by atoms with Gasteiger partial charge in [-0.3, -0.25) is 0 Å². The highest BCUT2D eigenvalue weighted by atomic mass is 32.1. The molecular formula is C33H58S. The Labute approximate surface area is 219 Å². The molecule has 5 aliphatic carbocycles. The number of thiol groups is 1. The van der Waals surface area contributed by atoms with Gasteiger partial charge in [0.25, 0.3) is 0 Å². The minimum Gasteiger partial charge on any atom is -0.172 e. The second-order valence-electron chi connectivity index (χ2n) is 13.5. The van der Waals surface area contributed by atoms with Gasteiger partial charge in [0, 0.05) is 10.2 Å². The van der Waals surface area contributed by atoms with Crippen LogP contribution in [0.1, 0.15) is 140 Å². The minimum absolute atomic E-state index is 0.117. The summed E-state index contributed by atoms with van der Waals surface area (Å²) in [5, 5.41) is 0. The molecule has 0 bridgehead atoms. The van der Waals surface area contributed by atoms with Crippen molar-refractivity contribution in [3.8, 4) is 0 Å². The number of allylic oxidation sites excluding steroid dienone is 3. The van der Waals surface area contributed by atoms with E-state index >= 15 is 0 Å². The number of hydrogen-bond donors (Lipinski definition) is 1. The molecule has 5 aliphatic rings. The summed E-state index contributed by atoms with van der Waals surface area (Å²) in [4.78, 5) is 0. The predicted molar refractivity (Wildman–Crippen MR) is 156 cm³/mol. The van der Waals surface area contributed by atoms with Crippen molar-refractivity contribution in [3.63, 3.8) is 0 Å². The van der Waals surface area contributed by atoms with Crippen LogP contribution >= 0.6 is 12.6 Å². The molecule has 196 valence electrons. The molecular weight excluding hydrogens is 428 g/mol. The smallest absolute Gasteiger partial charge is 0.0161 e. The summed E-state index contributed by atoms with van der Waals surface area (Å²) in [6, 6.07) is 0. The van der Waals surface area contributed by atoms with E-state index in [-0.39, 0.29) is 4.75 Å². The predicted octanol–water partition coefficient (Wildman–Crippen LogP) is 10.8. The van der Waals surface area contributed by atoms with Crippen LogP contribution in [0.3, 0.4) is 0 Å². The van der Waals surface area contributed by atoms with Crippen molar-refractivity contribution in [1.29, 1.82) is 0 Å². The van der Waals surface area contributed by atoms with E-state index in [1.165, 1.54) is 69.8 Å². The van der Waals surface area contributed by atoms with Gasteiger partial charge in [-0.25, -0.2) is 0 Å². The highest BCUT2D eigenvalue weighted by molar-refractivity contribution is 7.81. The largest absolute Gasteiger partial charge is 0.172 e. The van der Waals surface area contributed by atoms with Crippen molar-refractivity contribution in [2.24, 2.45) is 39.4 Å². The molecule has 0 aromatic heterocycles. The average Bonchev–Trinajstić information content (AvgIpc) is 3.21. The second kappa shape index (κ2) is 9.61. The van der Waals surface area contributed by atoms with Crippen LogP contribution in [-0.2, 0) is 0 Å². The van der Waals surface area contributed by atoms with E-state index in [1.807, 2.05) is 25.0 Å². The number of rotatable bonds is 4. The van der Waals surface area contributed by atoms with Gasteiger partial charge in [-0.15, -0.1) is 0 Å². The Morgan fingerprint density at radius 1 is 1.06 bits per heavy atom. The maximum Gasteiger partial charge on any atom is 0.0161 e. The standard InChI is InChI=1S/C22H34.C9H18S.C2H6/c1-5-15-8-11-20(3)17(13-15)18-14-21(4)19(2)10-6-7-16(19)9-12-22(18,20)21;1-6-9(5,10)8(4)7(2)3;1-2/h15-16H,5-14H2,1-4H3;8,10H,2,6H2,1,3-5H3;1-2H3/t15?,16?,19-,20?,21?,22+;;/m1../s1. The van der Waals surface area contributed by atoms with Crippen molar-refractivity contribution in [1.82, 2.24) is 0 Å². The van der Waals surface area contributed by atoms with Crippen LogP contribution in [0.5, 0.6) is 0 Å². The van der Waals surface area contributed by atoms with Gasteiger partial charge in [-0.05, 0) is 98.7 Å². The molecule has 0 aromatic carbocycles. The molecule has 5 rings (SSSR count). The highest BCUT2D eigenvalue weighted by Gasteiger charge is 2.81. The first-order valence-electron chi connectivity index (χ1n) is 15.0. The SMILES string of the molecule is C=C(C)C(C)C(C)(S)CC.CC.CCC1CCC2(C)C(=C3CC4(C)[C@@]32CCC2CCC[C@]24C)C1. The van der Waals surface area contributed by atoms with Crippen LogP contribution in [0.15, 0.2) is 23.3 Å². The van der Waals surface area contributed by atoms with Gasteiger partial charge in [-0.2, -0.15) is 12.6 Å². The highest BCUT2D eigenvalue weighted by Crippen LogP contribution is 2.89. The van der Waals surface area contributed by atoms with Crippen molar-refractivity contribution in [2.45, 2.75) is 145 Å². The van der Waals surface area contributed by atoms with Crippen molar-refractivity contribution in [2.75, 3.05) is 0 Å². The Morgan fingerprint density at radius 3 is 2.24 bits per heavy atom. The lowest BCUT2D eigenvalue weighted by Gasteiger charge is -2.83. The molecule has 0 saturated heterocycles. The summed E-state index contributed by atoms with van der Waals surface area (Å²) in [6.45, 7) is 27.0. The van der Waals surface area contributed by atoms with Gasteiger partial charge in [-0.1, -0.05) is 98.5 Å². The van der Waals surface area contributed by atoms with Crippen LogP contribution in [-0.4, -0.2) is 4.75 Å². The third-order valence-corrected chi connectivity index (χ3v) is 13.5. The van der Waals surface area contributed by atoms with Crippen LogP contribution in [0.4, 0.5) is 0 Å². The van der Waals surface area contributed by atoms with Crippen molar-refractivity contribution in [3.05, 3.63) is 23.3 Å². The van der Waals surface area contributed by atoms with E-state index in [4.69, 9.17) is 0 Å². The molecule has 0 aromatic rings. The summed E-state index contributed by atoms with van der Waals surface area (Å²) in [6.07, 6.45) is 16.1. The Bertz CT molecular complexity index is 803. The van der Waals surface area contributed by atoms with Gasteiger partial charge < -0.3 is 0 Å². The Kier molecular flexibility index (Phi) is 8.03. The molecule has 6 unspecified atom stereocenters. The zero-order valence-electron chi connectivity index (χ0n) is 24.7. The summed E-state index contributed by atoms with van der Waals surface area (Å²) in [5.74, 6) is 2.54. The van der Waals surface area contributed by atoms with E-state index in [1.54, 1.807) is 0 Å². The monoisotopic (exact) mass is 486 g/mol. The van der Waals surface area contributed by atoms with Crippen LogP contribution in [0.25, 0.3) is 0 Å². The maximum atomic E-state index is 4.56. The molecule has 0 radical (unpaired) electrons. The van der Waals surface area contributed by atoms with Gasteiger partial charge >= 0.3 is 0 Å². The summed E-state index contributed by atoms with van der Waals surface area (Å²) in [5.41, 5.74) is 7.70. The lowest BCUT2D eigenvalue weighted by atomic mass is 9.21. The van der Waals surface area contributed by atoms with Crippen molar-refractivity contribution >= 4 is 12.6 Å². The summed E-state index contributed by atoms with van der Waals surface area (Å²) >= 11 is 4.56. The zero-order chi connectivity index (χ0) is 25.7. The fourth-order valence-corrected chi connectivity index (χ4v) is 9.93. The van der Waals surface area contributed by atoms with E-state index in [2.05, 4.69) is 74.6 Å². The third kappa shape index (κ3) is 3.59. The fourth-order valence-electron chi connectivity index (χ4n) is 9.71. The molecule has 4 saturated carbocycles. The quantitative estimate of drug-likeness (QED) is 0.296. The molecule has 0 N–H and O–H groups in total. The van der Waals surface area contributed by atoms with Gasteiger partial charge in [0.2, 0.25) is 0 Å². The molecule has 0 nitrogen and oxygen atoms in total. The second-order valence-corrected chi connectivity index (χ2v) is 14.6. The summed E-state index contributed by atoms with van der Waals surface area (Å²) < 4.78 is 0.117. The number of hydrogen-bond acceptors (Lipinski definition) is 1. The van der Waals surface area contributed by atoms with Crippen LogP contribution in [0.2, 0.25) is 0 Å². The molecule has 8 atom stereocenters. The van der Waals surface area contributed by atoms with Crippen molar-refractivity contribution < 1.29 is 0 Å². The maximum absolute atomic E-state index is 4.56.